The van der Waals surface area contributed by atoms with Gasteiger partial charge in [0.25, 0.3) is 5.91 Å². The van der Waals surface area contributed by atoms with E-state index < -0.39 is 0 Å². The first-order valence-electron chi connectivity index (χ1n) is 9.48. The second-order valence-corrected chi connectivity index (χ2v) is 6.70. The second kappa shape index (κ2) is 8.06. The van der Waals surface area contributed by atoms with E-state index in [-0.39, 0.29) is 12.5 Å². The van der Waals surface area contributed by atoms with Crippen molar-refractivity contribution in [1.82, 2.24) is 9.38 Å². The Morgan fingerprint density at radius 3 is 2.69 bits per heavy atom. The lowest BCUT2D eigenvalue weighted by molar-refractivity contribution is -0.118. The number of nitrogens with one attached hydrogen (secondary N) is 1. The number of rotatable bonds is 6. The van der Waals surface area contributed by atoms with E-state index in [9.17, 15) is 4.79 Å². The average Bonchev–Trinajstić information content (AvgIpc) is 3.18. The molecule has 6 nitrogen and oxygen atoms in total. The molecule has 1 amide bonds. The van der Waals surface area contributed by atoms with Gasteiger partial charge in [0, 0.05) is 29.3 Å². The summed E-state index contributed by atoms with van der Waals surface area (Å²) in [6.07, 6.45) is 4.66. The summed E-state index contributed by atoms with van der Waals surface area (Å²) < 4.78 is 7.66. The summed E-state index contributed by atoms with van der Waals surface area (Å²) in [6.45, 7) is 1.96. The predicted molar refractivity (Wildman–Crippen MR) is 115 cm³/mol. The van der Waals surface area contributed by atoms with Crippen LogP contribution in [0.1, 0.15) is 12.5 Å². The van der Waals surface area contributed by atoms with Gasteiger partial charge in [-0.15, -0.1) is 0 Å². The number of ether oxygens (including phenoxy) is 1. The Morgan fingerprint density at radius 1 is 1.10 bits per heavy atom. The Morgan fingerprint density at radius 2 is 1.90 bits per heavy atom. The van der Waals surface area contributed by atoms with Crippen LogP contribution in [0.4, 0.5) is 11.4 Å². The number of carbonyl (C=O) groups is 1. The summed E-state index contributed by atoms with van der Waals surface area (Å²) in [4.78, 5) is 17.0. The van der Waals surface area contributed by atoms with Gasteiger partial charge in [-0.1, -0.05) is 37.3 Å². The van der Waals surface area contributed by atoms with Gasteiger partial charge in [-0.25, -0.2) is 4.98 Å². The van der Waals surface area contributed by atoms with Gasteiger partial charge in [-0.2, -0.15) is 0 Å². The quantitative estimate of drug-likeness (QED) is 0.488. The molecule has 0 aliphatic rings. The molecule has 0 aliphatic heterocycles. The summed E-state index contributed by atoms with van der Waals surface area (Å²) in [5, 5.41) is 2.91. The third-order valence-corrected chi connectivity index (χ3v) is 4.68. The Hall–Kier alpha value is -3.80. The van der Waals surface area contributed by atoms with Crippen LogP contribution in [0.5, 0.6) is 5.75 Å². The molecule has 0 atom stereocenters. The molecule has 0 aliphatic carbocycles. The maximum atomic E-state index is 12.4. The van der Waals surface area contributed by atoms with Gasteiger partial charge in [0.2, 0.25) is 0 Å². The van der Waals surface area contributed by atoms with Gasteiger partial charge >= 0.3 is 0 Å². The molecule has 0 fully saturated rings. The number of carbonyl (C=O) groups excluding carboxylic acids is 1. The summed E-state index contributed by atoms with van der Waals surface area (Å²) >= 11 is 0. The zero-order valence-corrected chi connectivity index (χ0v) is 16.1. The number of hydrogen-bond acceptors (Lipinski definition) is 4. The van der Waals surface area contributed by atoms with Crippen molar-refractivity contribution in [2.75, 3.05) is 17.7 Å². The van der Waals surface area contributed by atoms with Crippen LogP contribution >= 0.6 is 0 Å². The van der Waals surface area contributed by atoms with Gasteiger partial charge < -0.3 is 20.2 Å². The lowest BCUT2D eigenvalue weighted by Gasteiger charge is -2.11. The fraction of sp³-hybridized carbons (Fsp3) is 0.130. The molecule has 146 valence electrons. The average molecular weight is 386 g/mol. The molecule has 0 radical (unpaired) electrons. The minimum absolute atomic E-state index is 0.0955. The number of hydrogen-bond donors (Lipinski definition) is 2. The fourth-order valence-electron chi connectivity index (χ4n) is 3.17. The van der Waals surface area contributed by atoms with Gasteiger partial charge in [0.05, 0.1) is 5.69 Å². The maximum Gasteiger partial charge on any atom is 0.262 e. The molecular formula is C23H22N4O2. The lowest BCUT2D eigenvalue weighted by atomic mass is 10.1. The van der Waals surface area contributed by atoms with Crippen molar-refractivity contribution in [3.05, 3.63) is 78.6 Å². The van der Waals surface area contributed by atoms with Crippen LogP contribution in [-0.2, 0) is 11.2 Å². The highest BCUT2D eigenvalue weighted by atomic mass is 16.5. The number of anilines is 2. The van der Waals surface area contributed by atoms with Crippen molar-refractivity contribution in [3.63, 3.8) is 0 Å². The molecule has 4 rings (SSSR count). The normalized spacial score (nSPS) is 10.8. The third kappa shape index (κ3) is 4.06. The number of aromatic nitrogens is 2. The van der Waals surface area contributed by atoms with Crippen LogP contribution in [0.3, 0.4) is 0 Å². The number of nitrogens with zero attached hydrogens (tertiary/aromatic N) is 2. The highest BCUT2D eigenvalue weighted by molar-refractivity contribution is 5.92. The van der Waals surface area contributed by atoms with Crippen molar-refractivity contribution in [2.24, 2.45) is 0 Å². The van der Waals surface area contributed by atoms with Crippen molar-refractivity contribution >= 4 is 22.9 Å². The molecule has 2 heterocycles. The van der Waals surface area contributed by atoms with Gasteiger partial charge in [-0.3, -0.25) is 4.79 Å². The first kappa shape index (κ1) is 18.6. The number of fused-ring (bicyclic) bond motifs is 1. The van der Waals surface area contributed by atoms with E-state index in [2.05, 4.69) is 17.2 Å². The molecule has 29 heavy (non-hydrogen) atoms. The molecule has 4 aromatic rings. The maximum absolute atomic E-state index is 12.4. The van der Waals surface area contributed by atoms with Crippen LogP contribution in [0.15, 0.2) is 73.1 Å². The molecule has 2 aromatic heterocycles. The molecule has 0 bridgehead atoms. The number of para-hydroxylation sites is 1. The monoisotopic (exact) mass is 386 g/mol. The largest absolute Gasteiger partial charge is 0.480 e. The minimum atomic E-state index is -0.210. The number of nitrogens with two attached hydrogens (primary N) is 1. The Balaban J connectivity index is 1.50. The summed E-state index contributed by atoms with van der Waals surface area (Å²) in [5.41, 5.74) is 10.8. The first-order chi connectivity index (χ1) is 14.1. The summed E-state index contributed by atoms with van der Waals surface area (Å²) in [7, 11) is 0. The van der Waals surface area contributed by atoms with Crippen LogP contribution in [0.25, 0.3) is 16.9 Å². The van der Waals surface area contributed by atoms with Crippen LogP contribution < -0.4 is 15.8 Å². The SMILES string of the molecule is CCc1ccccc1NC(=O)COc1cccn2cc(-c3ccc(N)cc3)nc12. The van der Waals surface area contributed by atoms with E-state index in [1.807, 2.05) is 77.5 Å². The second-order valence-electron chi connectivity index (χ2n) is 6.70. The number of amides is 1. The van der Waals surface area contributed by atoms with Crippen LogP contribution in [-0.4, -0.2) is 21.9 Å². The van der Waals surface area contributed by atoms with E-state index in [4.69, 9.17) is 10.5 Å². The van der Waals surface area contributed by atoms with Crippen molar-refractivity contribution in [2.45, 2.75) is 13.3 Å². The number of pyridine rings is 1. The highest BCUT2D eigenvalue weighted by Crippen LogP contribution is 2.25. The molecule has 0 unspecified atom stereocenters. The van der Waals surface area contributed by atoms with E-state index in [0.717, 1.165) is 28.9 Å². The van der Waals surface area contributed by atoms with Crippen molar-refractivity contribution in [3.8, 4) is 17.0 Å². The molecule has 3 N–H and O–H groups in total. The highest BCUT2D eigenvalue weighted by Gasteiger charge is 2.11. The number of benzene rings is 2. The fourth-order valence-corrected chi connectivity index (χ4v) is 3.17. The number of nitrogen functional groups attached to an aromatic ring is 1. The minimum Gasteiger partial charge on any atom is -0.480 e. The Kier molecular flexibility index (Phi) is 5.16. The lowest BCUT2D eigenvalue weighted by Crippen LogP contribution is -2.21. The van der Waals surface area contributed by atoms with Crippen molar-refractivity contribution in [1.29, 1.82) is 0 Å². The summed E-state index contributed by atoms with van der Waals surface area (Å²) in [6, 6.07) is 19.0. The zero-order chi connectivity index (χ0) is 20.2. The standard InChI is InChI=1S/C23H22N4O2/c1-2-16-6-3-4-7-19(16)25-22(28)15-29-21-8-5-13-27-14-20(26-23(21)27)17-9-11-18(24)12-10-17/h3-14H,2,15,24H2,1H3,(H,25,28). The molecule has 0 saturated heterocycles. The molecule has 2 aromatic carbocycles. The predicted octanol–water partition coefficient (Wildman–Crippen LogP) is 4.16. The van der Waals surface area contributed by atoms with Crippen LogP contribution in [0, 0.1) is 0 Å². The molecule has 6 heteroatoms. The van der Waals surface area contributed by atoms with E-state index >= 15 is 0 Å². The Bertz CT molecular complexity index is 1150. The molecule has 0 saturated carbocycles. The third-order valence-electron chi connectivity index (χ3n) is 4.68. The van der Waals surface area contributed by atoms with E-state index in [1.54, 1.807) is 0 Å². The topological polar surface area (TPSA) is 81.6 Å². The Labute approximate surface area is 169 Å². The number of aryl methyl sites for hydroxylation is 1. The van der Waals surface area contributed by atoms with Gasteiger partial charge in [0.1, 0.15) is 0 Å². The molecular weight excluding hydrogens is 364 g/mol. The van der Waals surface area contributed by atoms with Crippen molar-refractivity contribution < 1.29 is 9.53 Å². The smallest absolute Gasteiger partial charge is 0.262 e. The van der Waals surface area contributed by atoms with E-state index in [0.29, 0.717) is 17.1 Å². The van der Waals surface area contributed by atoms with Gasteiger partial charge in [0.15, 0.2) is 18.0 Å². The van der Waals surface area contributed by atoms with E-state index in [1.165, 1.54) is 0 Å². The van der Waals surface area contributed by atoms with Crippen LogP contribution in [0.2, 0.25) is 0 Å². The molecule has 0 spiro atoms. The summed E-state index contributed by atoms with van der Waals surface area (Å²) in [5.74, 6) is 0.339. The zero-order valence-electron chi connectivity index (χ0n) is 16.1. The number of imidazole rings is 1. The first-order valence-corrected chi connectivity index (χ1v) is 9.48. The van der Waals surface area contributed by atoms with Gasteiger partial charge in [-0.05, 0) is 42.3 Å².